The first-order valence-corrected chi connectivity index (χ1v) is 4.47. The molecule has 1 aliphatic rings. The van der Waals surface area contributed by atoms with E-state index in [1.165, 1.54) is 11.4 Å². The summed E-state index contributed by atoms with van der Waals surface area (Å²) in [5.41, 5.74) is 3.36. The molecule has 1 N–H and O–H groups in total. The SMILES string of the molecule is c1cnn2c3c(nc2c1)CCNC3. The second kappa shape index (κ2) is 2.53. The molecule has 2 aromatic heterocycles. The lowest BCUT2D eigenvalue weighted by atomic mass is 10.2. The number of hydrogen-bond acceptors (Lipinski definition) is 3. The molecule has 0 saturated carbocycles. The van der Waals surface area contributed by atoms with E-state index in [4.69, 9.17) is 0 Å². The zero-order chi connectivity index (χ0) is 8.67. The van der Waals surface area contributed by atoms with E-state index in [0.717, 1.165) is 25.2 Å². The monoisotopic (exact) mass is 174 g/mol. The van der Waals surface area contributed by atoms with Crippen LogP contribution in [0.3, 0.4) is 0 Å². The Morgan fingerprint density at radius 1 is 1.46 bits per heavy atom. The third-order valence-corrected chi connectivity index (χ3v) is 2.40. The molecular weight excluding hydrogens is 164 g/mol. The highest BCUT2D eigenvalue weighted by molar-refractivity contribution is 5.41. The van der Waals surface area contributed by atoms with Gasteiger partial charge in [0, 0.05) is 25.7 Å². The molecule has 66 valence electrons. The number of nitrogens with one attached hydrogen (secondary N) is 1. The fraction of sp³-hybridized carbons (Fsp3) is 0.333. The van der Waals surface area contributed by atoms with Crippen molar-refractivity contribution in [2.24, 2.45) is 0 Å². The number of aromatic nitrogens is 3. The van der Waals surface area contributed by atoms with E-state index in [0.29, 0.717) is 0 Å². The lowest BCUT2D eigenvalue weighted by molar-refractivity contribution is 0.611. The van der Waals surface area contributed by atoms with Gasteiger partial charge in [-0.05, 0) is 12.1 Å². The molecule has 0 atom stereocenters. The van der Waals surface area contributed by atoms with Gasteiger partial charge >= 0.3 is 0 Å². The van der Waals surface area contributed by atoms with Crippen LogP contribution in [-0.4, -0.2) is 21.1 Å². The van der Waals surface area contributed by atoms with E-state index >= 15 is 0 Å². The van der Waals surface area contributed by atoms with Gasteiger partial charge in [-0.3, -0.25) is 0 Å². The van der Waals surface area contributed by atoms with Crippen molar-refractivity contribution in [3.8, 4) is 0 Å². The van der Waals surface area contributed by atoms with E-state index in [1.807, 2.05) is 16.6 Å². The molecule has 0 spiro atoms. The Hall–Kier alpha value is -1.42. The normalized spacial score (nSPS) is 16.0. The van der Waals surface area contributed by atoms with Crippen molar-refractivity contribution >= 4 is 5.65 Å². The number of rotatable bonds is 0. The number of fused-ring (bicyclic) bond motifs is 3. The molecule has 2 aromatic rings. The summed E-state index contributed by atoms with van der Waals surface area (Å²) in [7, 11) is 0. The molecule has 0 radical (unpaired) electrons. The first-order chi connectivity index (χ1) is 6.45. The van der Waals surface area contributed by atoms with Crippen LogP contribution in [0.25, 0.3) is 5.65 Å². The van der Waals surface area contributed by atoms with Crippen LogP contribution in [0, 0.1) is 0 Å². The largest absolute Gasteiger partial charge is 0.311 e. The summed E-state index contributed by atoms with van der Waals surface area (Å²) < 4.78 is 1.92. The minimum Gasteiger partial charge on any atom is -0.311 e. The van der Waals surface area contributed by atoms with Crippen molar-refractivity contribution < 1.29 is 0 Å². The zero-order valence-corrected chi connectivity index (χ0v) is 7.20. The van der Waals surface area contributed by atoms with Crippen molar-refractivity contribution in [2.75, 3.05) is 6.54 Å². The fourth-order valence-corrected chi connectivity index (χ4v) is 1.77. The Bertz CT molecular complexity index is 446. The van der Waals surface area contributed by atoms with Gasteiger partial charge in [0.25, 0.3) is 0 Å². The highest BCUT2D eigenvalue weighted by Gasteiger charge is 2.15. The highest BCUT2D eigenvalue weighted by atomic mass is 15.3. The van der Waals surface area contributed by atoms with Gasteiger partial charge < -0.3 is 5.32 Å². The van der Waals surface area contributed by atoms with Gasteiger partial charge in [-0.1, -0.05) is 0 Å². The molecule has 0 saturated heterocycles. The summed E-state index contributed by atoms with van der Waals surface area (Å²) in [6.07, 6.45) is 2.81. The maximum absolute atomic E-state index is 4.51. The van der Waals surface area contributed by atoms with Crippen LogP contribution in [0.2, 0.25) is 0 Å². The smallest absolute Gasteiger partial charge is 0.154 e. The van der Waals surface area contributed by atoms with Gasteiger partial charge in [-0.2, -0.15) is 5.10 Å². The van der Waals surface area contributed by atoms with Crippen molar-refractivity contribution in [1.29, 1.82) is 0 Å². The average Bonchev–Trinajstić information content (AvgIpc) is 2.56. The Balaban J connectivity index is 2.34. The van der Waals surface area contributed by atoms with Crippen LogP contribution in [0.1, 0.15) is 11.4 Å². The van der Waals surface area contributed by atoms with Gasteiger partial charge in [-0.25, -0.2) is 9.50 Å². The van der Waals surface area contributed by atoms with Gasteiger partial charge in [0.05, 0.1) is 11.4 Å². The van der Waals surface area contributed by atoms with E-state index in [1.54, 1.807) is 6.20 Å². The standard InChI is InChI=1S/C9H10N4/c1-2-9-12-7-3-5-10-6-8(7)13(9)11-4-1/h1-2,4,10H,3,5-6H2. The second-order valence-electron chi connectivity index (χ2n) is 3.23. The van der Waals surface area contributed by atoms with Crippen LogP contribution in [0.15, 0.2) is 18.3 Å². The molecule has 0 unspecified atom stereocenters. The molecule has 3 rings (SSSR count). The van der Waals surface area contributed by atoms with Crippen molar-refractivity contribution in [3.63, 3.8) is 0 Å². The summed E-state index contributed by atoms with van der Waals surface area (Å²) >= 11 is 0. The Labute approximate surface area is 75.6 Å². The minimum absolute atomic E-state index is 0.882. The second-order valence-corrected chi connectivity index (χ2v) is 3.23. The van der Waals surface area contributed by atoms with Crippen molar-refractivity contribution in [1.82, 2.24) is 19.9 Å². The molecule has 13 heavy (non-hydrogen) atoms. The molecule has 0 amide bonds. The number of imidazole rings is 1. The van der Waals surface area contributed by atoms with Gasteiger partial charge in [-0.15, -0.1) is 0 Å². The lowest BCUT2D eigenvalue weighted by Crippen LogP contribution is -2.24. The average molecular weight is 174 g/mol. The first-order valence-electron chi connectivity index (χ1n) is 4.47. The molecule has 0 bridgehead atoms. The van der Waals surface area contributed by atoms with Gasteiger partial charge in [0.1, 0.15) is 0 Å². The molecule has 0 fully saturated rings. The number of hydrogen-bond donors (Lipinski definition) is 1. The van der Waals surface area contributed by atoms with Crippen molar-refractivity contribution in [2.45, 2.75) is 13.0 Å². The van der Waals surface area contributed by atoms with E-state index in [2.05, 4.69) is 15.4 Å². The topological polar surface area (TPSA) is 42.2 Å². The van der Waals surface area contributed by atoms with Gasteiger partial charge in [0.2, 0.25) is 0 Å². The van der Waals surface area contributed by atoms with Crippen LogP contribution in [0.5, 0.6) is 0 Å². The lowest BCUT2D eigenvalue weighted by Gasteiger charge is -2.10. The first kappa shape index (κ1) is 7.03. The van der Waals surface area contributed by atoms with E-state index < -0.39 is 0 Å². The summed E-state index contributed by atoms with van der Waals surface area (Å²) in [5.74, 6) is 0. The highest BCUT2D eigenvalue weighted by Crippen LogP contribution is 2.13. The van der Waals surface area contributed by atoms with Crippen LogP contribution >= 0.6 is 0 Å². The predicted molar refractivity (Wildman–Crippen MR) is 48.4 cm³/mol. The minimum atomic E-state index is 0.882. The van der Waals surface area contributed by atoms with E-state index in [-0.39, 0.29) is 0 Å². The third kappa shape index (κ3) is 0.954. The molecule has 4 nitrogen and oxygen atoms in total. The molecule has 3 heterocycles. The fourth-order valence-electron chi connectivity index (χ4n) is 1.77. The maximum Gasteiger partial charge on any atom is 0.154 e. The molecule has 4 heteroatoms. The summed E-state index contributed by atoms with van der Waals surface area (Å²) in [5, 5.41) is 7.59. The molecule has 0 aliphatic carbocycles. The summed E-state index contributed by atoms with van der Waals surface area (Å²) in [6.45, 7) is 1.91. The predicted octanol–water partition coefficient (Wildman–Crippen LogP) is 0.375. The van der Waals surface area contributed by atoms with Crippen LogP contribution < -0.4 is 5.32 Å². The molecular formula is C9H10N4. The van der Waals surface area contributed by atoms with Crippen LogP contribution in [-0.2, 0) is 13.0 Å². The Morgan fingerprint density at radius 2 is 2.46 bits per heavy atom. The van der Waals surface area contributed by atoms with Crippen molar-refractivity contribution in [3.05, 3.63) is 29.7 Å². The quantitative estimate of drug-likeness (QED) is 0.627. The summed E-state index contributed by atoms with van der Waals surface area (Å²) in [6, 6.07) is 3.91. The van der Waals surface area contributed by atoms with Crippen LogP contribution in [0.4, 0.5) is 0 Å². The zero-order valence-electron chi connectivity index (χ0n) is 7.20. The van der Waals surface area contributed by atoms with Gasteiger partial charge in [0.15, 0.2) is 5.65 Å². The molecule has 1 aliphatic heterocycles. The summed E-state index contributed by atoms with van der Waals surface area (Å²) in [4.78, 5) is 4.51. The third-order valence-electron chi connectivity index (χ3n) is 2.40. The maximum atomic E-state index is 4.51. The molecule has 0 aromatic carbocycles. The number of nitrogens with zero attached hydrogens (tertiary/aromatic N) is 3. The Kier molecular flexibility index (Phi) is 1.37. The van der Waals surface area contributed by atoms with E-state index in [9.17, 15) is 0 Å². The Morgan fingerprint density at radius 3 is 3.46 bits per heavy atom.